The zero-order valence-corrected chi connectivity index (χ0v) is 16.8. The molecule has 0 aliphatic heterocycles. The molecule has 0 aliphatic carbocycles. The molecule has 0 aromatic heterocycles. The van der Waals surface area contributed by atoms with Gasteiger partial charge in [0.15, 0.2) is 0 Å². The van der Waals surface area contributed by atoms with Gasteiger partial charge < -0.3 is 15.0 Å². The van der Waals surface area contributed by atoms with Gasteiger partial charge in [0, 0.05) is 18.3 Å². The summed E-state index contributed by atoms with van der Waals surface area (Å²) in [6.07, 6.45) is 0. The number of rotatable bonds is 6. The van der Waals surface area contributed by atoms with Crippen LogP contribution in [0.1, 0.15) is 18.1 Å². The molecule has 2 amide bonds. The molecule has 3 rings (SSSR count). The Morgan fingerprint density at radius 3 is 2.21 bits per heavy atom. The fourth-order valence-corrected chi connectivity index (χ4v) is 2.91. The molecule has 0 radical (unpaired) electrons. The SMILES string of the molecule is CC(=O)N(CC(=O)Nc1cc(C)ccc1C)c1ccc(Oc2ccccc2)cc1. The van der Waals surface area contributed by atoms with Gasteiger partial charge in [-0.15, -0.1) is 0 Å². The van der Waals surface area contributed by atoms with Gasteiger partial charge in [-0.05, 0) is 67.4 Å². The third kappa shape index (κ3) is 5.45. The fourth-order valence-electron chi connectivity index (χ4n) is 2.91. The van der Waals surface area contributed by atoms with E-state index in [1.54, 1.807) is 24.3 Å². The maximum atomic E-state index is 12.5. The number of aryl methyl sites for hydroxylation is 2. The average molecular weight is 388 g/mol. The molecule has 0 unspecified atom stereocenters. The number of ether oxygens (including phenoxy) is 1. The Morgan fingerprint density at radius 1 is 0.897 bits per heavy atom. The normalized spacial score (nSPS) is 10.3. The molecule has 0 spiro atoms. The zero-order chi connectivity index (χ0) is 20.8. The van der Waals surface area contributed by atoms with Gasteiger partial charge in [-0.25, -0.2) is 0 Å². The van der Waals surface area contributed by atoms with Crippen molar-refractivity contribution in [1.82, 2.24) is 0 Å². The van der Waals surface area contributed by atoms with Crippen LogP contribution in [0.5, 0.6) is 11.5 Å². The van der Waals surface area contributed by atoms with Gasteiger partial charge in [-0.2, -0.15) is 0 Å². The van der Waals surface area contributed by atoms with E-state index in [2.05, 4.69) is 5.32 Å². The van der Waals surface area contributed by atoms with Crippen molar-refractivity contribution in [3.8, 4) is 11.5 Å². The number of carbonyl (C=O) groups excluding carboxylic acids is 2. The number of hydrogen-bond donors (Lipinski definition) is 1. The fraction of sp³-hybridized carbons (Fsp3) is 0.167. The second-order valence-electron chi connectivity index (χ2n) is 6.88. The first-order chi connectivity index (χ1) is 13.9. The molecule has 0 bridgehead atoms. The van der Waals surface area contributed by atoms with E-state index in [1.165, 1.54) is 11.8 Å². The molecule has 5 nitrogen and oxygen atoms in total. The standard InChI is InChI=1S/C24H24N2O3/c1-17-9-10-18(2)23(15-17)25-24(28)16-26(19(3)27)20-11-13-22(14-12-20)29-21-7-5-4-6-8-21/h4-15H,16H2,1-3H3,(H,25,28). The van der Waals surface area contributed by atoms with Crippen molar-refractivity contribution >= 4 is 23.2 Å². The zero-order valence-electron chi connectivity index (χ0n) is 16.8. The van der Waals surface area contributed by atoms with Crippen LogP contribution in [0.2, 0.25) is 0 Å². The molecule has 148 valence electrons. The maximum absolute atomic E-state index is 12.5. The smallest absolute Gasteiger partial charge is 0.244 e. The van der Waals surface area contributed by atoms with Crippen molar-refractivity contribution in [2.75, 3.05) is 16.8 Å². The number of carbonyl (C=O) groups is 2. The van der Waals surface area contributed by atoms with Crippen molar-refractivity contribution in [3.63, 3.8) is 0 Å². The van der Waals surface area contributed by atoms with E-state index in [0.29, 0.717) is 11.4 Å². The predicted molar refractivity (Wildman–Crippen MR) is 116 cm³/mol. The highest BCUT2D eigenvalue weighted by Crippen LogP contribution is 2.24. The molecule has 3 aromatic carbocycles. The number of nitrogens with zero attached hydrogens (tertiary/aromatic N) is 1. The largest absolute Gasteiger partial charge is 0.457 e. The minimum atomic E-state index is -0.251. The topological polar surface area (TPSA) is 58.6 Å². The quantitative estimate of drug-likeness (QED) is 0.640. The van der Waals surface area contributed by atoms with Gasteiger partial charge in [0.2, 0.25) is 11.8 Å². The molecule has 0 saturated carbocycles. The summed E-state index contributed by atoms with van der Waals surface area (Å²) in [5.41, 5.74) is 3.42. The molecule has 1 N–H and O–H groups in total. The summed E-state index contributed by atoms with van der Waals surface area (Å²) in [6, 6.07) is 22.4. The number of para-hydroxylation sites is 1. The summed E-state index contributed by atoms with van der Waals surface area (Å²) in [7, 11) is 0. The van der Waals surface area contributed by atoms with Crippen molar-refractivity contribution < 1.29 is 14.3 Å². The van der Waals surface area contributed by atoms with Crippen LogP contribution < -0.4 is 15.0 Å². The van der Waals surface area contributed by atoms with Gasteiger partial charge in [-0.3, -0.25) is 9.59 Å². The van der Waals surface area contributed by atoms with Crippen LogP contribution in [0, 0.1) is 13.8 Å². The van der Waals surface area contributed by atoms with E-state index in [4.69, 9.17) is 4.74 Å². The number of anilines is 2. The number of benzene rings is 3. The minimum absolute atomic E-state index is 0.0679. The first kappa shape index (κ1) is 20.1. The van der Waals surface area contributed by atoms with Gasteiger partial charge in [0.25, 0.3) is 0 Å². The molecule has 0 aliphatic rings. The second kappa shape index (κ2) is 9.06. The van der Waals surface area contributed by atoms with Crippen LogP contribution in [0.4, 0.5) is 11.4 Å². The summed E-state index contributed by atoms with van der Waals surface area (Å²) < 4.78 is 5.78. The monoisotopic (exact) mass is 388 g/mol. The molecule has 0 heterocycles. The average Bonchev–Trinajstić information content (AvgIpc) is 2.70. The van der Waals surface area contributed by atoms with E-state index in [0.717, 1.165) is 22.6 Å². The number of amides is 2. The molecular weight excluding hydrogens is 364 g/mol. The summed E-state index contributed by atoms with van der Waals surface area (Å²) >= 11 is 0. The summed E-state index contributed by atoms with van der Waals surface area (Å²) in [5.74, 6) is 0.927. The van der Waals surface area contributed by atoms with Gasteiger partial charge in [0.05, 0.1) is 0 Å². The lowest BCUT2D eigenvalue weighted by molar-refractivity contribution is -0.120. The number of hydrogen-bond acceptors (Lipinski definition) is 3. The lowest BCUT2D eigenvalue weighted by atomic mass is 10.1. The van der Waals surface area contributed by atoms with Crippen LogP contribution >= 0.6 is 0 Å². The molecule has 0 fully saturated rings. The molecule has 0 atom stereocenters. The van der Waals surface area contributed by atoms with Crippen LogP contribution in [-0.4, -0.2) is 18.4 Å². The third-order valence-electron chi connectivity index (χ3n) is 4.48. The Labute approximate surface area is 170 Å². The first-order valence-electron chi connectivity index (χ1n) is 9.40. The Balaban J connectivity index is 1.70. The Bertz CT molecular complexity index is 998. The molecular formula is C24H24N2O3. The second-order valence-corrected chi connectivity index (χ2v) is 6.88. The van der Waals surface area contributed by atoms with Crippen LogP contribution in [-0.2, 0) is 9.59 Å². The lowest BCUT2D eigenvalue weighted by Gasteiger charge is -2.21. The first-order valence-corrected chi connectivity index (χ1v) is 9.40. The highest BCUT2D eigenvalue weighted by Gasteiger charge is 2.16. The number of nitrogens with one attached hydrogen (secondary N) is 1. The van der Waals surface area contributed by atoms with Crippen molar-refractivity contribution in [1.29, 1.82) is 0 Å². The van der Waals surface area contributed by atoms with E-state index >= 15 is 0 Å². The van der Waals surface area contributed by atoms with Crippen molar-refractivity contribution in [2.45, 2.75) is 20.8 Å². The Hall–Kier alpha value is -3.60. The Kier molecular flexibility index (Phi) is 6.29. The third-order valence-corrected chi connectivity index (χ3v) is 4.48. The van der Waals surface area contributed by atoms with Crippen molar-refractivity contribution in [3.05, 3.63) is 83.9 Å². The molecule has 5 heteroatoms. The van der Waals surface area contributed by atoms with Crippen LogP contribution in [0.15, 0.2) is 72.8 Å². The van der Waals surface area contributed by atoms with E-state index in [-0.39, 0.29) is 18.4 Å². The summed E-state index contributed by atoms with van der Waals surface area (Å²) in [4.78, 5) is 26.1. The predicted octanol–water partition coefficient (Wildman–Crippen LogP) is 5.09. The van der Waals surface area contributed by atoms with E-state index < -0.39 is 0 Å². The summed E-state index contributed by atoms with van der Waals surface area (Å²) in [6.45, 7) is 5.28. The maximum Gasteiger partial charge on any atom is 0.244 e. The van der Waals surface area contributed by atoms with E-state index in [1.807, 2.05) is 62.4 Å². The minimum Gasteiger partial charge on any atom is -0.457 e. The molecule has 29 heavy (non-hydrogen) atoms. The van der Waals surface area contributed by atoms with E-state index in [9.17, 15) is 9.59 Å². The van der Waals surface area contributed by atoms with Crippen LogP contribution in [0.3, 0.4) is 0 Å². The summed E-state index contributed by atoms with van der Waals surface area (Å²) in [5, 5.41) is 2.89. The molecule has 0 saturated heterocycles. The molecule has 3 aromatic rings. The Morgan fingerprint density at radius 2 is 1.55 bits per heavy atom. The van der Waals surface area contributed by atoms with Crippen LogP contribution in [0.25, 0.3) is 0 Å². The van der Waals surface area contributed by atoms with Gasteiger partial charge in [0.1, 0.15) is 18.0 Å². The highest BCUT2D eigenvalue weighted by molar-refractivity contribution is 6.02. The van der Waals surface area contributed by atoms with Gasteiger partial charge >= 0.3 is 0 Å². The van der Waals surface area contributed by atoms with Crippen molar-refractivity contribution in [2.24, 2.45) is 0 Å². The van der Waals surface area contributed by atoms with Gasteiger partial charge in [-0.1, -0.05) is 30.3 Å². The lowest BCUT2D eigenvalue weighted by Crippen LogP contribution is -2.36. The highest BCUT2D eigenvalue weighted by atomic mass is 16.5.